The van der Waals surface area contributed by atoms with E-state index in [1.807, 2.05) is 0 Å². The fourth-order valence-electron chi connectivity index (χ4n) is 2.08. The molecule has 1 aromatic heterocycles. The fourth-order valence-corrected chi connectivity index (χ4v) is 2.82. The minimum Gasteiger partial charge on any atom is -0.368 e. The van der Waals surface area contributed by atoms with Crippen molar-refractivity contribution in [3.63, 3.8) is 0 Å². The molecule has 0 radical (unpaired) electrons. The average molecular weight is 321 g/mol. The SMILES string of the molecule is COC1(C(=O)Nc2nnc(C(C)C)s2)CCNCC1.Cl. The molecule has 1 aromatic rings. The van der Waals surface area contributed by atoms with Crippen LogP contribution in [0.5, 0.6) is 0 Å². The van der Waals surface area contributed by atoms with Gasteiger partial charge < -0.3 is 10.1 Å². The molecule has 1 aliphatic heterocycles. The molecule has 0 aromatic carbocycles. The van der Waals surface area contributed by atoms with E-state index in [0.717, 1.165) is 18.1 Å². The van der Waals surface area contributed by atoms with Crippen LogP contribution in [0.2, 0.25) is 0 Å². The molecule has 2 N–H and O–H groups in total. The molecule has 0 bridgehead atoms. The summed E-state index contributed by atoms with van der Waals surface area (Å²) >= 11 is 1.42. The maximum absolute atomic E-state index is 12.4. The van der Waals surface area contributed by atoms with Gasteiger partial charge in [0.15, 0.2) is 0 Å². The van der Waals surface area contributed by atoms with Gasteiger partial charge in [0, 0.05) is 13.0 Å². The lowest BCUT2D eigenvalue weighted by Gasteiger charge is -2.34. The second-order valence-corrected chi connectivity index (χ2v) is 6.01. The summed E-state index contributed by atoms with van der Waals surface area (Å²) in [4.78, 5) is 12.4. The third kappa shape index (κ3) is 3.66. The topological polar surface area (TPSA) is 76.1 Å². The second-order valence-electron chi connectivity index (χ2n) is 5.00. The molecule has 114 valence electrons. The number of hydrogen-bond donors (Lipinski definition) is 2. The number of aromatic nitrogens is 2. The quantitative estimate of drug-likeness (QED) is 0.884. The predicted octanol–water partition coefficient (Wildman–Crippen LogP) is 1.79. The van der Waals surface area contributed by atoms with E-state index in [2.05, 4.69) is 34.7 Å². The van der Waals surface area contributed by atoms with Crippen LogP contribution in [0.3, 0.4) is 0 Å². The number of nitrogens with one attached hydrogen (secondary N) is 2. The summed E-state index contributed by atoms with van der Waals surface area (Å²) in [7, 11) is 1.59. The molecule has 2 rings (SSSR count). The van der Waals surface area contributed by atoms with Crippen molar-refractivity contribution in [3.05, 3.63) is 5.01 Å². The zero-order chi connectivity index (χ0) is 13.9. The Kier molecular flexibility index (Phi) is 6.32. The van der Waals surface area contributed by atoms with Gasteiger partial charge in [-0.05, 0) is 25.9 Å². The van der Waals surface area contributed by atoms with E-state index in [4.69, 9.17) is 4.74 Å². The van der Waals surface area contributed by atoms with Crippen molar-refractivity contribution in [2.75, 3.05) is 25.5 Å². The molecule has 6 nitrogen and oxygen atoms in total. The number of carbonyl (C=O) groups excluding carboxylic acids is 1. The Hall–Kier alpha value is -0.760. The first-order valence-electron chi connectivity index (χ1n) is 6.48. The molecular formula is C12H21ClN4O2S. The van der Waals surface area contributed by atoms with Crippen molar-refractivity contribution in [1.82, 2.24) is 15.5 Å². The lowest BCUT2D eigenvalue weighted by Crippen LogP contribution is -2.51. The van der Waals surface area contributed by atoms with E-state index in [1.165, 1.54) is 11.3 Å². The van der Waals surface area contributed by atoms with Crippen molar-refractivity contribution in [1.29, 1.82) is 0 Å². The molecular weight excluding hydrogens is 300 g/mol. The van der Waals surface area contributed by atoms with Gasteiger partial charge in [-0.1, -0.05) is 25.2 Å². The fraction of sp³-hybridized carbons (Fsp3) is 0.750. The zero-order valence-corrected chi connectivity index (χ0v) is 13.6. The maximum atomic E-state index is 12.4. The van der Waals surface area contributed by atoms with Crippen LogP contribution in [-0.2, 0) is 9.53 Å². The average Bonchev–Trinajstić information content (AvgIpc) is 2.88. The Labute approximate surface area is 129 Å². The lowest BCUT2D eigenvalue weighted by molar-refractivity contribution is -0.140. The van der Waals surface area contributed by atoms with Gasteiger partial charge in [-0.15, -0.1) is 22.6 Å². The van der Waals surface area contributed by atoms with E-state index < -0.39 is 5.60 Å². The maximum Gasteiger partial charge on any atom is 0.258 e. The number of halogens is 1. The molecule has 0 unspecified atom stereocenters. The number of rotatable bonds is 4. The van der Waals surface area contributed by atoms with Crippen LogP contribution in [0.4, 0.5) is 5.13 Å². The van der Waals surface area contributed by atoms with E-state index in [-0.39, 0.29) is 18.3 Å². The third-order valence-corrected chi connectivity index (χ3v) is 4.51. The van der Waals surface area contributed by atoms with Gasteiger partial charge in [-0.2, -0.15) is 0 Å². The van der Waals surface area contributed by atoms with Gasteiger partial charge in [0.2, 0.25) is 5.13 Å². The first-order valence-corrected chi connectivity index (χ1v) is 7.30. The van der Waals surface area contributed by atoms with Crippen molar-refractivity contribution in [3.8, 4) is 0 Å². The Balaban J connectivity index is 0.00000200. The molecule has 2 heterocycles. The summed E-state index contributed by atoms with van der Waals surface area (Å²) in [5.41, 5.74) is -0.741. The molecule has 0 atom stereocenters. The van der Waals surface area contributed by atoms with Crippen molar-refractivity contribution in [2.24, 2.45) is 0 Å². The number of carbonyl (C=O) groups is 1. The van der Waals surface area contributed by atoms with Crippen LogP contribution in [0.1, 0.15) is 37.6 Å². The highest BCUT2D eigenvalue weighted by Gasteiger charge is 2.40. The van der Waals surface area contributed by atoms with Crippen LogP contribution < -0.4 is 10.6 Å². The number of ether oxygens (including phenoxy) is 1. The first-order chi connectivity index (χ1) is 9.07. The van der Waals surface area contributed by atoms with Crippen molar-refractivity contribution >= 4 is 34.8 Å². The molecule has 0 saturated carbocycles. The smallest absolute Gasteiger partial charge is 0.258 e. The van der Waals surface area contributed by atoms with E-state index in [0.29, 0.717) is 23.9 Å². The van der Waals surface area contributed by atoms with Crippen molar-refractivity contribution in [2.45, 2.75) is 38.2 Å². The molecule has 0 aliphatic carbocycles. The van der Waals surface area contributed by atoms with E-state index in [1.54, 1.807) is 7.11 Å². The number of nitrogens with zero attached hydrogens (tertiary/aromatic N) is 2. The van der Waals surface area contributed by atoms with Gasteiger partial charge in [0.1, 0.15) is 10.6 Å². The number of amides is 1. The zero-order valence-electron chi connectivity index (χ0n) is 11.9. The normalized spacial score (nSPS) is 17.6. The Bertz CT molecular complexity index is 446. The van der Waals surface area contributed by atoms with Gasteiger partial charge >= 0.3 is 0 Å². The summed E-state index contributed by atoms with van der Waals surface area (Å²) in [6, 6.07) is 0. The molecule has 20 heavy (non-hydrogen) atoms. The predicted molar refractivity (Wildman–Crippen MR) is 81.7 cm³/mol. The number of hydrogen-bond acceptors (Lipinski definition) is 6. The van der Waals surface area contributed by atoms with Gasteiger partial charge in [-0.25, -0.2) is 0 Å². The highest BCUT2D eigenvalue weighted by atomic mass is 35.5. The molecule has 1 amide bonds. The lowest BCUT2D eigenvalue weighted by atomic mass is 9.91. The Morgan fingerprint density at radius 2 is 2.05 bits per heavy atom. The molecule has 1 aliphatic rings. The van der Waals surface area contributed by atoms with Gasteiger partial charge in [0.05, 0.1) is 0 Å². The summed E-state index contributed by atoms with van der Waals surface area (Å²) in [5, 5.41) is 15.6. The summed E-state index contributed by atoms with van der Waals surface area (Å²) < 4.78 is 5.47. The third-order valence-electron chi connectivity index (χ3n) is 3.37. The first kappa shape index (κ1) is 17.3. The van der Waals surface area contributed by atoms with Crippen LogP contribution in [-0.4, -0.2) is 41.9 Å². The number of piperidine rings is 1. The minimum atomic E-state index is -0.741. The van der Waals surface area contributed by atoms with Crippen molar-refractivity contribution < 1.29 is 9.53 Å². The van der Waals surface area contributed by atoms with Crippen LogP contribution in [0.25, 0.3) is 0 Å². The highest BCUT2D eigenvalue weighted by molar-refractivity contribution is 7.15. The van der Waals surface area contributed by atoms with Crippen LogP contribution in [0, 0.1) is 0 Å². The highest BCUT2D eigenvalue weighted by Crippen LogP contribution is 2.27. The second kappa shape index (κ2) is 7.31. The van der Waals surface area contributed by atoms with Gasteiger partial charge in [-0.3, -0.25) is 10.1 Å². The molecule has 1 fully saturated rings. The standard InChI is InChI=1S/C12H20N4O2S.ClH/c1-8(2)9-15-16-11(19-9)14-10(17)12(18-3)4-6-13-7-5-12;/h8,13H,4-7H2,1-3H3,(H,14,16,17);1H. The van der Waals surface area contributed by atoms with E-state index in [9.17, 15) is 4.79 Å². The molecule has 1 saturated heterocycles. The monoisotopic (exact) mass is 320 g/mol. The van der Waals surface area contributed by atoms with Gasteiger partial charge in [0.25, 0.3) is 5.91 Å². The van der Waals surface area contributed by atoms with Crippen LogP contribution in [0.15, 0.2) is 0 Å². The summed E-state index contributed by atoms with van der Waals surface area (Å²) in [6.07, 6.45) is 1.34. The number of methoxy groups -OCH3 is 1. The largest absolute Gasteiger partial charge is 0.368 e. The number of anilines is 1. The molecule has 0 spiro atoms. The Morgan fingerprint density at radius 3 is 2.55 bits per heavy atom. The summed E-state index contributed by atoms with van der Waals surface area (Å²) in [5.74, 6) is 0.196. The minimum absolute atomic E-state index is 0. The molecule has 8 heteroatoms. The summed E-state index contributed by atoms with van der Waals surface area (Å²) in [6.45, 7) is 5.67. The Morgan fingerprint density at radius 1 is 1.40 bits per heavy atom. The van der Waals surface area contributed by atoms with E-state index >= 15 is 0 Å². The van der Waals surface area contributed by atoms with Crippen LogP contribution >= 0.6 is 23.7 Å².